The molecule has 0 fully saturated rings. The van der Waals surface area contributed by atoms with Crippen LogP contribution in [0, 0.1) is 19.7 Å². The number of hydrogen-bond donors (Lipinski definition) is 0. The van der Waals surface area contributed by atoms with Gasteiger partial charge in [0, 0.05) is 5.56 Å². The van der Waals surface area contributed by atoms with E-state index in [-0.39, 0.29) is 5.82 Å². The Labute approximate surface area is 115 Å². The van der Waals surface area contributed by atoms with Crippen molar-refractivity contribution in [1.29, 1.82) is 0 Å². The van der Waals surface area contributed by atoms with Crippen molar-refractivity contribution in [3.63, 3.8) is 0 Å². The number of ether oxygens (including phenoxy) is 1. The summed E-state index contributed by atoms with van der Waals surface area (Å²) in [5, 5.41) is 0. The molecule has 0 unspecified atom stereocenters. The SMILES string of the molecule is Cc1ccc(OCc2cccc(F)c2Br)cc1C. The summed E-state index contributed by atoms with van der Waals surface area (Å²) in [7, 11) is 0. The lowest BCUT2D eigenvalue weighted by atomic mass is 10.1. The second-order valence-corrected chi connectivity index (χ2v) is 5.04. The van der Waals surface area contributed by atoms with Gasteiger partial charge in [0.25, 0.3) is 0 Å². The summed E-state index contributed by atoms with van der Waals surface area (Å²) >= 11 is 3.22. The van der Waals surface area contributed by atoms with E-state index in [4.69, 9.17) is 4.74 Å². The Bertz CT molecular complexity index is 566. The van der Waals surface area contributed by atoms with Crippen LogP contribution in [0.2, 0.25) is 0 Å². The van der Waals surface area contributed by atoms with E-state index in [0.717, 1.165) is 11.3 Å². The molecule has 0 amide bonds. The first-order chi connectivity index (χ1) is 8.58. The molecule has 18 heavy (non-hydrogen) atoms. The van der Waals surface area contributed by atoms with Crippen LogP contribution in [0.25, 0.3) is 0 Å². The number of hydrogen-bond acceptors (Lipinski definition) is 1. The van der Waals surface area contributed by atoms with Gasteiger partial charge in [-0.1, -0.05) is 18.2 Å². The molecule has 0 aliphatic carbocycles. The number of rotatable bonds is 3. The number of benzene rings is 2. The van der Waals surface area contributed by atoms with Crippen LogP contribution in [0.5, 0.6) is 5.75 Å². The van der Waals surface area contributed by atoms with Crippen LogP contribution in [0.3, 0.4) is 0 Å². The van der Waals surface area contributed by atoms with Gasteiger partial charge in [-0.15, -0.1) is 0 Å². The van der Waals surface area contributed by atoms with E-state index in [1.807, 2.05) is 31.2 Å². The minimum absolute atomic E-state index is 0.267. The lowest BCUT2D eigenvalue weighted by Crippen LogP contribution is -1.98. The molecular formula is C15H14BrFO. The molecule has 1 nitrogen and oxygen atoms in total. The molecule has 0 saturated heterocycles. The topological polar surface area (TPSA) is 9.23 Å². The van der Waals surface area contributed by atoms with E-state index in [1.165, 1.54) is 17.2 Å². The molecule has 0 aliphatic rings. The van der Waals surface area contributed by atoms with E-state index >= 15 is 0 Å². The van der Waals surface area contributed by atoms with Gasteiger partial charge in [0.1, 0.15) is 18.2 Å². The third-order valence-electron chi connectivity index (χ3n) is 2.90. The average molecular weight is 309 g/mol. The summed E-state index contributed by atoms with van der Waals surface area (Å²) in [6, 6.07) is 10.9. The minimum Gasteiger partial charge on any atom is -0.489 e. The first kappa shape index (κ1) is 13.1. The highest BCUT2D eigenvalue weighted by Crippen LogP contribution is 2.23. The smallest absolute Gasteiger partial charge is 0.137 e. The quantitative estimate of drug-likeness (QED) is 0.792. The Hall–Kier alpha value is -1.35. The van der Waals surface area contributed by atoms with Gasteiger partial charge in [-0.25, -0.2) is 4.39 Å². The second kappa shape index (κ2) is 5.53. The highest BCUT2D eigenvalue weighted by atomic mass is 79.9. The Kier molecular flexibility index (Phi) is 4.02. The van der Waals surface area contributed by atoms with Gasteiger partial charge >= 0.3 is 0 Å². The van der Waals surface area contributed by atoms with E-state index in [9.17, 15) is 4.39 Å². The minimum atomic E-state index is -0.267. The monoisotopic (exact) mass is 308 g/mol. The largest absolute Gasteiger partial charge is 0.489 e. The maximum absolute atomic E-state index is 13.3. The van der Waals surface area contributed by atoms with Crippen molar-refractivity contribution < 1.29 is 9.13 Å². The molecule has 0 aliphatic heterocycles. The van der Waals surface area contributed by atoms with Crippen molar-refractivity contribution in [2.45, 2.75) is 20.5 Å². The van der Waals surface area contributed by atoms with Crippen LogP contribution in [0.1, 0.15) is 16.7 Å². The van der Waals surface area contributed by atoms with E-state index in [2.05, 4.69) is 22.9 Å². The van der Waals surface area contributed by atoms with Gasteiger partial charge < -0.3 is 4.74 Å². The van der Waals surface area contributed by atoms with Gasteiger partial charge in [0.15, 0.2) is 0 Å². The van der Waals surface area contributed by atoms with Crippen molar-refractivity contribution in [3.05, 3.63) is 63.4 Å². The number of halogens is 2. The molecule has 0 spiro atoms. The fraction of sp³-hybridized carbons (Fsp3) is 0.200. The van der Waals surface area contributed by atoms with Gasteiger partial charge in [-0.2, -0.15) is 0 Å². The Morgan fingerprint density at radius 3 is 2.61 bits per heavy atom. The van der Waals surface area contributed by atoms with Crippen molar-refractivity contribution in [2.75, 3.05) is 0 Å². The fourth-order valence-corrected chi connectivity index (χ4v) is 2.00. The molecule has 94 valence electrons. The third kappa shape index (κ3) is 2.91. The summed E-state index contributed by atoms with van der Waals surface area (Å²) in [5.74, 6) is 0.533. The summed E-state index contributed by atoms with van der Waals surface area (Å²) < 4.78 is 19.5. The van der Waals surface area contributed by atoms with Crippen LogP contribution < -0.4 is 4.74 Å². The predicted octanol–water partition coefficient (Wildman–Crippen LogP) is 4.78. The normalized spacial score (nSPS) is 10.4. The first-order valence-corrected chi connectivity index (χ1v) is 6.50. The van der Waals surface area contributed by atoms with E-state index in [0.29, 0.717) is 11.1 Å². The van der Waals surface area contributed by atoms with Crippen molar-refractivity contribution in [1.82, 2.24) is 0 Å². The molecule has 0 radical (unpaired) electrons. The molecule has 2 aromatic carbocycles. The van der Waals surface area contributed by atoms with Gasteiger partial charge in [0.2, 0.25) is 0 Å². The van der Waals surface area contributed by atoms with Gasteiger partial charge in [-0.05, 0) is 59.1 Å². The Balaban J connectivity index is 2.11. The van der Waals surface area contributed by atoms with Crippen molar-refractivity contribution in [2.24, 2.45) is 0 Å². The first-order valence-electron chi connectivity index (χ1n) is 5.71. The molecule has 0 saturated carbocycles. The van der Waals surface area contributed by atoms with E-state index < -0.39 is 0 Å². The van der Waals surface area contributed by atoms with Crippen LogP contribution in [0.4, 0.5) is 4.39 Å². The summed E-state index contributed by atoms with van der Waals surface area (Å²) in [6.45, 7) is 4.45. The molecule has 3 heteroatoms. The maximum Gasteiger partial charge on any atom is 0.137 e. The zero-order chi connectivity index (χ0) is 13.1. The molecular weight excluding hydrogens is 295 g/mol. The van der Waals surface area contributed by atoms with Crippen LogP contribution in [-0.4, -0.2) is 0 Å². The zero-order valence-electron chi connectivity index (χ0n) is 10.3. The van der Waals surface area contributed by atoms with Gasteiger partial charge in [-0.3, -0.25) is 0 Å². The van der Waals surface area contributed by atoms with E-state index in [1.54, 1.807) is 6.07 Å². The van der Waals surface area contributed by atoms with Crippen molar-refractivity contribution in [3.8, 4) is 5.75 Å². The molecule has 0 atom stereocenters. The maximum atomic E-state index is 13.3. The predicted molar refractivity (Wildman–Crippen MR) is 74.3 cm³/mol. The molecule has 2 aromatic rings. The van der Waals surface area contributed by atoms with Crippen LogP contribution >= 0.6 is 15.9 Å². The highest BCUT2D eigenvalue weighted by molar-refractivity contribution is 9.10. The van der Waals surface area contributed by atoms with Crippen LogP contribution in [-0.2, 0) is 6.61 Å². The summed E-state index contributed by atoms with van der Waals surface area (Å²) in [6.07, 6.45) is 0. The Morgan fingerprint density at radius 2 is 1.89 bits per heavy atom. The van der Waals surface area contributed by atoms with Crippen molar-refractivity contribution >= 4 is 15.9 Å². The van der Waals surface area contributed by atoms with Crippen LogP contribution in [0.15, 0.2) is 40.9 Å². The zero-order valence-corrected chi connectivity index (χ0v) is 11.9. The molecule has 0 aromatic heterocycles. The average Bonchev–Trinajstić information content (AvgIpc) is 2.35. The number of aryl methyl sites for hydroxylation is 2. The molecule has 2 rings (SSSR count). The van der Waals surface area contributed by atoms with Gasteiger partial charge in [0.05, 0.1) is 4.47 Å². The second-order valence-electron chi connectivity index (χ2n) is 4.25. The molecule has 0 N–H and O–H groups in total. The summed E-state index contributed by atoms with van der Waals surface area (Å²) in [4.78, 5) is 0. The third-order valence-corrected chi connectivity index (χ3v) is 3.79. The Morgan fingerprint density at radius 1 is 1.11 bits per heavy atom. The lowest BCUT2D eigenvalue weighted by molar-refractivity contribution is 0.304. The molecule has 0 bridgehead atoms. The lowest BCUT2D eigenvalue weighted by Gasteiger charge is -2.10. The molecule has 0 heterocycles. The summed E-state index contributed by atoms with van der Waals surface area (Å²) in [5.41, 5.74) is 3.22. The fourth-order valence-electron chi connectivity index (χ4n) is 1.62. The highest BCUT2D eigenvalue weighted by Gasteiger charge is 2.06. The standard InChI is InChI=1S/C15H14BrFO/c1-10-6-7-13(8-11(10)2)18-9-12-4-3-5-14(17)15(12)16/h3-8H,9H2,1-2H3.